The summed E-state index contributed by atoms with van der Waals surface area (Å²) >= 11 is 7.46. The average molecular weight is 308 g/mol. The number of hydrogen-bond acceptors (Lipinski definition) is 3. The largest absolute Gasteiger partial charge is 0.334 e. The van der Waals surface area contributed by atoms with Gasteiger partial charge in [0.1, 0.15) is 16.4 Å². The molecule has 0 fully saturated rings. The summed E-state index contributed by atoms with van der Waals surface area (Å²) in [6, 6.07) is 6.61. The highest BCUT2D eigenvalue weighted by atomic mass is 35.5. The SMILES string of the molecule is Cn1cnc2c(SCc3c(F)cccc3Cl)nccc21. The van der Waals surface area contributed by atoms with Crippen LogP contribution in [-0.2, 0) is 12.8 Å². The normalized spacial score (nSPS) is 11.2. The molecule has 1 aromatic carbocycles. The fraction of sp³-hybridized carbons (Fsp3) is 0.143. The molecular weight excluding hydrogens is 297 g/mol. The maximum absolute atomic E-state index is 13.7. The lowest BCUT2D eigenvalue weighted by atomic mass is 10.2. The lowest BCUT2D eigenvalue weighted by Gasteiger charge is -2.05. The van der Waals surface area contributed by atoms with Crippen molar-refractivity contribution in [3.05, 3.63) is 53.2 Å². The monoisotopic (exact) mass is 307 g/mol. The van der Waals surface area contributed by atoms with Gasteiger partial charge in [0, 0.05) is 29.6 Å². The summed E-state index contributed by atoms with van der Waals surface area (Å²) in [5.41, 5.74) is 2.32. The molecule has 0 spiro atoms. The van der Waals surface area contributed by atoms with Gasteiger partial charge in [0.25, 0.3) is 0 Å². The van der Waals surface area contributed by atoms with Gasteiger partial charge < -0.3 is 4.57 Å². The summed E-state index contributed by atoms with van der Waals surface area (Å²) in [7, 11) is 1.93. The Kier molecular flexibility index (Phi) is 3.63. The smallest absolute Gasteiger partial charge is 0.128 e. The van der Waals surface area contributed by atoms with E-state index in [-0.39, 0.29) is 5.82 Å². The Labute approximate surface area is 124 Å². The average Bonchev–Trinajstić information content (AvgIpc) is 2.81. The van der Waals surface area contributed by atoms with E-state index < -0.39 is 0 Å². The van der Waals surface area contributed by atoms with Gasteiger partial charge >= 0.3 is 0 Å². The molecule has 2 aromatic heterocycles. The molecule has 20 heavy (non-hydrogen) atoms. The van der Waals surface area contributed by atoms with Crippen molar-refractivity contribution in [2.45, 2.75) is 10.8 Å². The van der Waals surface area contributed by atoms with Gasteiger partial charge in [-0.2, -0.15) is 0 Å². The highest BCUT2D eigenvalue weighted by Gasteiger charge is 2.11. The van der Waals surface area contributed by atoms with E-state index in [1.807, 2.05) is 17.7 Å². The summed E-state index contributed by atoms with van der Waals surface area (Å²) in [5, 5.41) is 1.22. The fourth-order valence-corrected chi connectivity index (χ4v) is 3.27. The number of halogens is 2. The first kappa shape index (κ1) is 13.4. The minimum absolute atomic E-state index is 0.293. The van der Waals surface area contributed by atoms with Gasteiger partial charge in [-0.05, 0) is 18.2 Å². The number of aromatic nitrogens is 3. The number of rotatable bonds is 3. The van der Waals surface area contributed by atoms with Gasteiger partial charge in [0.2, 0.25) is 0 Å². The minimum atomic E-state index is -0.293. The van der Waals surface area contributed by atoms with E-state index in [0.717, 1.165) is 16.1 Å². The van der Waals surface area contributed by atoms with Crippen molar-refractivity contribution >= 4 is 34.4 Å². The van der Waals surface area contributed by atoms with E-state index in [1.165, 1.54) is 17.8 Å². The first-order valence-electron chi connectivity index (χ1n) is 5.98. The van der Waals surface area contributed by atoms with Crippen LogP contribution >= 0.6 is 23.4 Å². The first-order chi connectivity index (χ1) is 9.66. The van der Waals surface area contributed by atoms with Crippen LogP contribution in [0.1, 0.15) is 5.56 Å². The van der Waals surface area contributed by atoms with Crippen LogP contribution in [0.5, 0.6) is 0 Å². The lowest BCUT2D eigenvalue weighted by molar-refractivity contribution is 0.617. The third-order valence-electron chi connectivity index (χ3n) is 3.02. The summed E-state index contributed by atoms with van der Waals surface area (Å²) in [5.74, 6) is 0.131. The van der Waals surface area contributed by atoms with Crippen molar-refractivity contribution in [3.8, 4) is 0 Å². The molecule has 0 aliphatic carbocycles. The summed E-state index contributed by atoms with van der Waals surface area (Å²) < 4.78 is 15.7. The van der Waals surface area contributed by atoms with E-state index in [1.54, 1.807) is 24.7 Å². The summed E-state index contributed by atoms with van der Waals surface area (Å²) in [6.45, 7) is 0. The van der Waals surface area contributed by atoms with Crippen LogP contribution in [-0.4, -0.2) is 14.5 Å². The molecule has 0 aliphatic heterocycles. The molecule has 0 amide bonds. The molecule has 3 aromatic rings. The molecular formula is C14H11ClFN3S. The summed E-state index contributed by atoms with van der Waals surface area (Å²) in [6.07, 6.45) is 3.47. The topological polar surface area (TPSA) is 30.7 Å². The van der Waals surface area contributed by atoms with Crippen LogP contribution < -0.4 is 0 Å². The van der Waals surface area contributed by atoms with Gasteiger partial charge in [0.15, 0.2) is 0 Å². The Bertz CT molecular complexity index is 752. The highest BCUT2D eigenvalue weighted by molar-refractivity contribution is 7.98. The number of thioether (sulfide) groups is 1. The van der Waals surface area contributed by atoms with Gasteiger partial charge in [-0.25, -0.2) is 14.4 Å². The molecule has 0 N–H and O–H groups in total. The summed E-state index contributed by atoms with van der Waals surface area (Å²) in [4.78, 5) is 8.64. The van der Waals surface area contributed by atoms with Gasteiger partial charge in [-0.3, -0.25) is 0 Å². The van der Waals surface area contributed by atoms with Crippen LogP contribution in [0.25, 0.3) is 11.0 Å². The Balaban J connectivity index is 1.91. The molecule has 0 radical (unpaired) electrons. The molecule has 0 atom stereocenters. The van der Waals surface area contributed by atoms with Crippen molar-refractivity contribution in [1.29, 1.82) is 0 Å². The van der Waals surface area contributed by atoms with Crippen molar-refractivity contribution in [2.24, 2.45) is 7.05 Å². The quantitative estimate of drug-likeness (QED) is 0.684. The maximum atomic E-state index is 13.7. The molecule has 6 heteroatoms. The second-order valence-electron chi connectivity index (χ2n) is 4.33. The number of fused-ring (bicyclic) bond motifs is 1. The van der Waals surface area contributed by atoms with Gasteiger partial charge in [-0.15, -0.1) is 0 Å². The van der Waals surface area contributed by atoms with E-state index in [2.05, 4.69) is 9.97 Å². The van der Waals surface area contributed by atoms with Crippen molar-refractivity contribution in [2.75, 3.05) is 0 Å². The molecule has 0 aliphatic rings. The zero-order chi connectivity index (χ0) is 14.1. The lowest BCUT2D eigenvalue weighted by Crippen LogP contribution is -1.91. The van der Waals surface area contributed by atoms with Crippen LogP contribution in [0, 0.1) is 5.82 Å². The number of hydrogen-bond donors (Lipinski definition) is 0. The fourth-order valence-electron chi connectivity index (χ4n) is 1.95. The Morgan fingerprint density at radius 1 is 1.30 bits per heavy atom. The van der Waals surface area contributed by atoms with E-state index in [0.29, 0.717) is 16.3 Å². The van der Waals surface area contributed by atoms with Crippen LogP contribution in [0.3, 0.4) is 0 Å². The molecule has 0 saturated heterocycles. The van der Waals surface area contributed by atoms with E-state index in [9.17, 15) is 4.39 Å². The molecule has 0 unspecified atom stereocenters. The van der Waals surface area contributed by atoms with Gasteiger partial charge in [0.05, 0.1) is 11.8 Å². The Morgan fingerprint density at radius 3 is 2.95 bits per heavy atom. The highest BCUT2D eigenvalue weighted by Crippen LogP contribution is 2.30. The standard InChI is InChI=1S/C14H11ClFN3S/c1-19-8-18-13-12(19)5-6-17-14(13)20-7-9-10(15)3-2-4-11(9)16/h2-6,8H,7H2,1H3. The van der Waals surface area contributed by atoms with E-state index >= 15 is 0 Å². The van der Waals surface area contributed by atoms with Crippen LogP contribution in [0.4, 0.5) is 4.39 Å². The number of pyridine rings is 1. The Hall–Kier alpha value is -1.59. The molecule has 2 heterocycles. The first-order valence-corrected chi connectivity index (χ1v) is 7.35. The van der Waals surface area contributed by atoms with Crippen LogP contribution in [0.15, 0.2) is 41.8 Å². The predicted molar refractivity (Wildman–Crippen MR) is 79.5 cm³/mol. The predicted octanol–water partition coefficient (Wildman–Crippen LogP) is 4.05. The number of aryl methyl sites for hydroxylation is 1. The number of imidazole rings is 1. The molecule has 102 valence electrons. The van der Waals surface area contributed by atoms with Crippen molar-refractivity contribution in [1.82, 2.24) is 14.5 Å². The zero-order valence-electron chi connectivity index (χ0n) is 10.7. The Morgan fingerprint density at radius 2 is 2.15 bits per heavy atom. The second kappa shape index (κ2) is 5.42. The van der Waals surface area contributed by atoms with Gasteiger partial charge in [-0.1, -0.05) is 29.4 Å². The molecule has 0 bridgehead atoms. The molecule has 0 saturated carbocycles. The maximum Gasteiger partial charge on any atom is 0.128 e. The number of nitrogens with zero attached hydrogens (tertiary/aromatic N) is 3. The van der Waals surface area contributed by atoms with Crippen LogP contribution in [0.2, 0.25) is 5.02 Å². The molecule has 3 rings (SSSR count). The van der Waals surface area contributed by atoms with E-state index in [4.69, 9.17) is 11.6 Å². The third-order valence-corrected chi connectivity index (χ3v) is 4.38. The zero-order valence-corrected chi connectivity index (χ0v) is 12.2. The van der Waals surface area contributed by atoms with Crippen molar-refractivity contribution in [3.63, 3.8) is 0 Å². The minimum Gasteiger partial charge on any atom is -0.334 e. The second-order valence-corrected chi connectivity index (χ2v) is 5.70. The van der Waals surface area contributed by atoms with Crippen molar-refractivity contribution < 1.29 is 4.39 Å². The molecule has 3 nitrogen and oxygen atoms in total. The third kappa shape index (κ3) is 2.39. The number of benzene rings is 1.